The van der Waals surface area contributed by atoms with Crippen LogP contribution < -0.4 is 14.8 Å². The van der Waals surface area contributed by atoms with Gasteiger partial charge in [0.05, 0.1) is 11.5 Å². The second kappa shape index (κ2) is 12.1. The summed E-state index contributed by atoms with van der Waals surface area (Å²) in [6, 6.07) is 18.1. The molecule has 1 saturated heterocycles. The third kappa shape index (κ3) is 6.99. The molecule has 1 aliphatic heterocycles. The van der Waals surface area contributed by atoms with E-state index in [0.717, 1.165) is 21.1 Å². The van der Waals surface area contributed by atoms with Gasteiger partial charge in [-0.2, -0.15) is 0 Å². The van der Waals surface area contributed by atoms with E-state index in [4.69, 9.17) is 9.47 Å². The van der Waals surface area contributed by atoms with Gasteiger partial charge < -0.3 is 14.8 Å². The van der Waals surface area contributed by atoms with Crippen LogP contribution in [0.4, 0.5) is 14.9 Å². The van der Waals surface area contributed by atoms with E-state index in [9.17, 15) is 18.8 Å². The lowest BCUT2D eigenvalue weighted by Gasteiger charge is -2.13. The summed E-state index contributed by atoms with van der Waals surface area (Å²) in [5.74, 6) is -0.324. The number of ether oxygens (including phenoxy) is 2. The largest absolute Gasteiger partial charge is 0.494 e. The van der Waals surface area contributed by atoms with Crippen molar-refractivity contribution in [2.45, 2.75) is 13.5 Å². The molecule has 1 fully saturated rings. The maximum Gasteiger partial charge on any atom is 0.294 e. The number of amides is 3. The van der Waals surface area contributed by atoms with Crippen LogP contribution >= 0.6 is 27.7 Å². The minimum Gasteiger partial charge on any atom is -0.494 e. The van der Waals surface area contributed by atoms with Gasteiger partial charge in [0, 0.05) is 15.7 Å². The first-order valence-corrected chi connectivity index (χ1v) is 12.9. The summed E-state index contributed by atoms with van der Waals surface area (Å²) in [6.07, 6.45) is 1.54. The molecule has 190 valence electrons. The Labute approximate surface area is 225 Å². The van der Waals surface area contributed by atoms with Gasteiger partial charge in [0.15, 0.2) is 0 Å². The number of nitrogens with zero attached hydrogens (tertiary/aromatic N) is 1. The fraction of sp³-hybridized carbons (Fsp3) is 0.148. The van der Waals surface area contributed by atoms with Crippen LogP contribution in [0.5, 0.6) is 11.5 Å². The van der Waals surface area contributed by atoms with Gasteiger partial charge >= 0.3 is 0 Å². The van der Waals surface area contributed by atoms with Crippen molar-refractivity contribution in [1.29, 1.82) is 0 Å². The molecule has 1 aliphatic rings. The van der Waals surface area contributed by atoms with Crippen LogP contribution in [0, 0.1) is 5.82 Å². The first-order valence-electron chi connectivity index (χ1n) is 11.3. The summed E-state index contributed by atoms with van der Waals surface area (Å²) < 4.78 is 25.5. The second-order valence-corrected chi connectivity index (χ2v) is 9.78. The Morgan fingerprint density at radius 2 is 1.86 bits per heavy atom. The number of benzene rings is 3. The molecule has 0 bridgehead atoms. The summed E-state index contributed by atoms with van der Waals surface area (Å²) in [4.78, 5) is 39.1. The van der Waals surface area contributed by atoms with E-state index in [1.165, 1.54) is 12.1 Å². The quantitative estimate of drug-likeness (QED) is 0.300. The fourth-order valence-corrected chi connectivity index (χ4v) is 4.68. The van der Waals surface area contributed by atoms with Crippen LogP contribution in [0.25, 0.3) is 6.08 Å². The molecule has 4 rings (SSSR count). The van der Waals surface area contributed by atoms with E-state index in [-0.39, 0.29) is 17.3 Å². The lowest BCUT2D eigenvalue weighted by Crippen LogP contribution is -2.36. The summed E-state index contributed by atoms with van der Waals surface area (Å²) >= 11 is 4.15. The molecule has 0 unspecified atom stereocenters. The van der Waals surface area contributed by atoms with Crippen LogP contribution in [-0.4, -0.2) is 35.1 Å². The zero-order valence-corrected chi connectivity index (χ0v) is 22.1. The van der Waals surface area contributed by atoms with Crippen LogP contribution in [0.3, 0.4) is 0 Å². The second-order valence-electron chi connectivity index (χ2n) is 7.87. The molecule has 10 heteroatoms. The van der Waals surface area contributed by atoms with Crippen molar-refractivity contribution in [1.82, 2.24) is 4.90 Å². The van der Waals surface area contributed by atoms with Crippen molar-refractivity contribution in [2.75, 3.05) is 18.5 Å². The van der Waals surface area contributed by atoms with Crippen molar-refractivity contribution >= 4 is 56.5 Å². The lowest BCUT2D eigenvalue weighted by atomic mass is 10.1. The number of halogens is 2. The Morgan fingerprint density at radius 3 is 2.59 bits per heavy atom. The molecule has 3 aromatic carbocycles. The topological polar surface area (TPSA) is 84.9 Å². The van der Waals surface area contributed by atoms with Crippen LogP contribution in [0.2, 0.25) is 0 Å². The van der Waals surface area contributed by atoms with Gasteiger partial charge in [-0.1, -0.05) is 28.1 Å². The van der Waals surface area contributed by atoms with E-state index < -0.39 is 23.6 Å². The predicted octanol–water partition coefficient (Wildman–Crippen LogP) is 6.24. The van der Waals surface area contributed by atoms with Gasteiger partial charge in [-0.25, -0.2) is 4.39 Å². The Bertz CT molecular complexity index is 1360. The molecular formula is C27H22BrFN2O5S. The molecule has 1 N–H and O–H groups in total. The van der Waals surface area contributed by atoms with E-state index in [1.54, 1.807) is 60.7 Å². The molecule has 0 aliphatic carbocycles. The number of anilines is 1. The molecule has 1 heterocycles. The van der Waals surface area contributed by atoms with E-state index in [1.807, 2.05) is 6.92 Å². The van der Waals surface area contributed by atoms with Crippen LogP contribution in [-0.2, 0) is 16.2 Å². The van der Waals surface area contributed by atoms with Crippen LogP contribution in [0.15, 0.2) is 76.1 Å². The number of carbonyl (C=O) groups is 3. The van der Waals surface area contributed by atoms with Gasteiger partial charge in [0.1, 0.15) is 30.5 Å². The molecule has 0 radical (unpaired) electrons. The zero-order chi connectivity index (χ0) is 26.4. The minimum atomic E-state index is -0.576. The summed E-state index contributed by atoms with van der Waals surface area (Å²) in [5, 5.41) is 2.13. The standard InChI is InChI=1S/C27H22BrFN2O5S/c1-2-35-22-9-7-21(8-10-22)30-25(32)15-31-26(33)24(37-27(31)34)14-18-13-19(28)6-11-23(18)36-16-17-4-3-5-20(29)12-17/h3-14H,2,15-16H2,1H3,(H,30,32)/b24-14+. The average molecular weight is 585 g/mol. The Kier molecular flexibility index (Phi) is 8.62. The monoisotopic (exact) mass is 584 g/mol. The van der Waals surface area contributed by atoms with Crippen molar-refractivity contribution in [3.8, 4) is 11.5 Å². The highest BCUT2D eigenvalue weighted by atomic mass is 79.9. The summed E-state index contributed by atoms with van der Waals surface area (Å²) in [6.45, 7) is 2.10. The summed E-state index contributed by atoms with van der Waals surface area (Å²) in [5.41, 5.74) is 1.72. The predicted molar refractivity (Wildman–Crippen MR) is 144 cm³/mol. The molecular weight excluding hydrogens is 563 g/mol. The van der Waals surface area contributed by atoms with Crippen molar-refractivity contribution in [3.63, 3.8) is 0 Å². The number of thioether (sulfide) groups is 1. The highest BCUT2D eigenvalue weighted by Crippen LogP contribution is 2.35. The number of imide groups is 1. The SMILES string of the molecule is CCOc1ccc(NC(=O)CN2C(=O)S/C(=C/c3cc(Br)ccc3OCc3cccc(F)c3)C2=O)cc1. The average Bonchev–Trinajstić information content (AvgIpc) is 3.12. The third-order valence-electron chi connectivity index (χ3n) is 5.17. The Morgan fingerprint density at radius 1 is 1.08 bits per heavy atom. The van der Waals surface area contributed by atoms with E-state index in [0.29, 0.717) is 34.9 Å². The van der Waals surface area contributed by atoms with E-state index >= 15 is 0 Å². The zero-order valence-electron chi connectivity index (χ0n) is 19.7. The molecule has 0 spiro atoms. The van der Waals surface area contributed by atoms with Crippen molar-refractivity contribution < 1.29 is 28.2 Å². The normalized spacial score (nSPS) is 14.2. The summed E-state index contributed by atoms with van der Waals surface area (Å²) in [7, 11) is 0. The molecule has 0 saturated carbocycles. The molecule has 0 atom stereocenters. The smallest absolute Gasteiger partial charge is 0.294 e. The number of nitrogens with one attached hydrogen (secondary N) is 1. The number of carbonyl (C=O) groups excluding carboxylic acids is 3. The molecule has 3 amide bonds. The molecule has 3 aromatic rings. The maximum atomic E-state index is 13.5. The Hall–Kier alpha value is -3.63. The maximum absolute atomic E-state index is 13.5. The number of hydrogen-bond acceptors (Lipinski definition) is 6. The lowest BCUT2D eigenvalue weighted by molar-refractivity contribution is -0.127. The van der Waals surface area contributed by atoms with Crippen molar-refractivity contribution in [2.24, 2.45) is 0 Å². The third-order valence-corrected chi connectivity index (χ3v) is 6.57. The highest BCUT2D eigenvalue weighted by molar-refractivity contribution is 9.10. The number of hydrogen-bond donors (Lipinski definition) is 1. The fourth-order valence-electron chi connectivity index (χ4n) is 3.47. The van der Waals surface area contributed by atoms with Crippen molar-refractivity contribution in [3.05, 3.63) is 93.1 Å². The Balaban J connectivity index is 1.44. The first kappa shape index (κ1) is 26.4. The van der Waals surface area contributed by atoms with Gasteiger partial charge in [-0.3, -0.25) is 19.3 Å². The van der Waals surface area contributed by atoms with Gasteiger partial charge in [0.2, 0.25) is 5.91 Å². The van der Waals surface area contributed by atoms with Gasteiger partial charge in [-0.15, -0.1) is 0 Å². The molecule has 37 heavy (non-hydrogen) atoms. The van der Waals surface area contributed by atoms with Crippen LogP contribution in [0.1, 0.15) is 18.1 Å². The minimum absolute atomic E-state index is 0.118. The number of rotatable bonds is 9. The molecule has 0 aromatic heterocycles. The highest BCUT2D eigenvalue weighted by Gasteiger charge is 2.36. The van der Waals surface area contributed by atoms with Gasteiger partial charge in [-0.05, 0) is 84.9 Å². The van der Waals surface area contributed by atoms with E-state index in [2.05, 4.69) is 21.2 Å². The van der Waals surface area contributed by atoms with Gasteiger partial charge in [0.25, 0.3) is 11.1 Å². The molecule has 7 nitrogen and oxygen atoms in total. The first-order chi connectivity index (χ1) is 17.8.